The van der Waals surface area contributed by atoms with Crippen molar-refractivity contribution in [2.24, 2.45) is 5.92 Å². The van der Waals surface area contributed by atoms with E-state index in [1.807, 2.05) is 0 Å². The van der Waals surface area contributed by atoms with Gasteiger partial charge in [0.25, 0.3) is 0 Å². The molecule has 0 aromatic heterocycles. The van der Waals surface area contributed by atoms with Crippen LogP contribution in [-0.2, 0) is 4.79 Å². The summed E-state index contributed by atoms with van der Waals surface area (Å²) < 4.78 is 0. The number of carbonyl (C=O) groups excluding carboxylic acids is 1. The van der Waals surface area contributed by atoms with Crippen molar-refractivity contribution in [1.29, 1.82) is 0 Å². The second kappa shape index (κ2) is 6.52. The summed E-state index contributed by atoms with van der Waals surface area (Å²) in [4.78, 5) is 23.5. The van der Waals surface area contributed by atoms with Crippen molar-refractivity contribution in [1.82, 2.24) is 0 Å². The van der Waals surface area contributed by atoms with Crippen molar-refractivity contribution >= 4 is 23.5 Å². The number of anilines is 1. The molecule has 2 aromatic carbocycles. The summed E-state index contributed by atoms with van der Waals surface area (Å²) in [6.07, 6.45) is 2.93. The molecule has 2 aromatic rings. The van der Waals surface area contributed by atoms with E-state index in [9.17, 15) is 14.7 Å². The van der Waals surface area contributed by atoms with Crippen LogP contribution in [0.5, 0.6) is 0 Å². The first-order valence-electron chi connectivity index (χ1n) is 6.44. The quantitative estimate of drug-likeness (QED) is 0.501. The molecule has 0 bridgehead atoms. The fraction of sp³-hybridized carbons (Fsp3) is 0.0588. The van der Waals surface area contributed by atoms with Crippen molar-refractivity contribution in [2.45, 2.75) is 0 Å². The third-order valence-electron chi connectivity index (χ3n) is 3.07. The zero-order valence-electron chi connectivity index (χ0n) is 11.3. The third-order valence-corrected chi connectivity index (χ3v) is 3.07. The van der Waals surface area contributed by atoms with E-state index in [1.165, 1.54) is 6.08 Å². The number of para-hydroxylation sites is 1. The lowest BCUT2D eigenvalue weighted by atomic mass is 9.96. The van der Waals surface area contributed by atoms with Crippen molar-refractivity contribution in [3.63, 3.8) is 0 Å². The Morgan fingerprint density at radius 2 is 1.62 bits per heavy atom. The van der Waals surface area contributed by atoms with Crippen LogP contribution in [0, 0.1) is 5.92 Å². The highest BCUT2D eigenvalue weighted by molar-refractivity contribution is 6.10. The molecule has 0 fully saturated rings. The van der Waals surface area contributed by atoms with E-state index >= 15 is 0 Å². The standard InChI is InChI=1S/C17H15NO3/c18-15-9-5-4-6-12(15)10-11-14(17(20)21)16(19)13-7-2-1-3-8-13/h1-11,14H,18H2,(H,20,21). The number of nitrogen functional groups attached to an aromatic ring is 1. The fourth-order valence-corrected chi connectivity index (χ4v) is 1.93. The Morgan fingerprint density at radius 3 is 2.24 bits per heavy atom. The van der Waals surface area contributed by atoms with Gasteiger partial charge in [0.15, 0.2) is 5.78 Å². The lowest BCUT2D eigenvalue weighted by molar-refractivity contribution is -0.138. The van der Waals surface area contributed by atoms with Gasteiger partial charge in [-0.05, 0) is 11.6 Å². The lowest BCUT2D eigenvalue weighted by Crippen LogP contribution is -2.21. The van der Waals surface area contributed by atoms with Crippen molar-refractivity contribution in [2.75, 3.05) is 5.73 Å². The van der Waals surface area contributed by atoms with Crippen LogP contribution < -0.4 is 5.73 Å². The van der Waals surface area contributed by atoms with E-state index in [0.717, 1.165) is 0 Å². The zero-order valence-corrected chi connectivity index (χ0v) is 11.3. The molecular formula is C17H15NO3. The fourth-order valence-electron chi connectivity index (χ4n) is 1.93. The Morgan fingerprint density at radius 1 is 1.00 bits per heavy atom. The monoisotopic (exact) mass is 281 g/mol. The molecule has 21 heavy (non-hydrogen) atoms. The van der Waals surface area contributed by atoms with Crippen LogP contribution in [0.4, 0.5) is 5.69 Å². The van der Waals surface area contributed by atoms with Crippen molar-refractivity contribution < 1.29 is 14.7 Å². The summed E-state index contributed by atoms with van der Waals surface area (Å²) in [5.41, 5.74) is 7.37. The molecule has 0 saturated carbocycles. The number of nitrogens with two attached hydrogens (primary N) is 1. The number of hydrogen-bond donors (Lipinski definition) is 2. The molecule has 106 valence electrons. The molecule has 1 atom stereocenters. The Labute approximate surface area is 122 Å². The van der Waals surface area contributed by atoms with E-state index in [-0.39, 0.29) is 0 Å². The molecule has 0 amide bonds. The highest BCUT2D eigenvalue weighted by atomic mass is 16.4. The molecule has 3 N–H and O–H groups in total. The van der Waals surface area contributed by atoms with Crippen LogP contribution in [0.25, 0.3) is 6.08 Å². The number of ketones is 1. The maximum Gasteiger partial charge on any atom is 0.318 e. The first kappa shape index (κ1) is 14.5. The number of carboxylic acids is 1. The summed E-state index contributed by atoms with van der Waals surface area (Å²) in [5.74, 6) is -2.87. The van der Waals surface area contributed by atoms with Gasteiger partial charge in [0.05, 0.1) is 0 Å². The van der Waals surface area contributed by atoms with E-state index < -0.39 is 17.7 Å². The van der Waals surface area contributed by atoms with Gasteiger partial charge in [-0.15, -0.1) is 0 Å². The normalized spacial score (nSPS) is 12.2. The van der Waals surface area contributed by atoms with Crippen LogP contribution in [-0.4, -0.2) is 16.9 Å². The summed E-state index contributed by atoms with van der Waals surface area (Å²) >= 11 is 0. The number of hydrogen-bond acceptors (Lipinski definition) is 3. The van der Waals surface area contributed by atoms with Gasteiger partial charge >= 0.3 is 5.97 Å². The van der Waals surface area contributed by atoms with Crippen molar-refractivity contribution in [3.05, 3.63) is 71.8 Å². The molecule has 1 unspecified atom stereocenters. The minimum absolute atomic E-state index is 0.371. The first-order valence-corrected chi connectivity index (χ1v) is 6.44. The van der Waals surface area contributed by atoms with E-state index in [0.29, 0.717) is 16.8 Å². The SMILES string of the molecule is Nc1ccccc1C=CC(C(=O)O)C(=O)c1ccccc1. The van der Waals surface area contributed by atoms with Gasteiger partial charge in [-0.2, -0.15) is 0 Å². The molecule has 2 rings (SSSR count). The minimum atomic E-state index is -1.23. The Balaban J connectivity index is 2.27. The molecule has 4 heteroatoms. The molecular weight excluding hydrogens is 266 g/mol. The second-order valence-electron chi connectivity index (χ2n) is 4.53. The molecule has 0 aliphatic carbocycles. The predicted molar refractivity (Wildman–Crippen MR) is 81.8 cm³/mol. The van der Waals surface area contributed by atoms with Crippen LogP contribution in [0.1, 0.15) is 15.9 Å². The first-order chi connectivity index (χ1) is 10.1. The summed E-state index contributed by atoms with van der Waals surface area (Å²) in [7, 11) is 0. The lowest BCUT2D eigenvalue weighted by Gasteiger charge is -2.07. The summed E-state index contributed by atoms with van der Waals surface area (Å²) in [6, 6.07) is 15.4. The largest absolute Gasteiger partial charge is 0.480 e. The molecule has 4 nitrogen and oxygen atoms in total. The van der Waals surface area contributed by atoms with Gasteiger partial charge in [0.1, 0.15) is 5.92 Å². The van der Waals surface area contributed by atoms with E-state index in [2.05, 4.69) is 0 Å². The Hall–Kier alpha value is -2.88. The van der Waals surface area contributed by atoms with Crippen molar-refractivity contribution in [3.8, 4) is 0 Å². The Kier molecular flexibility index (Phi) is 4.51. The number of carbonyl (C=O) groups is 2. The average Bonchev–Trinajstić information content (AvgIpc) is 2.49. The number of aliphatic carboxylic acids is 1. The molecule has 0 radical (unpaired) electrons. The summed E-state index contributed by atoms with van der Waals surface area (Å²) in [6.45, 7) is 0. The van der Waals surface area contributed by atoms with E-state index in [4.69, 9.17) is 5.73 Å². The zero-order chi connectivity index (χ0) is 15.2. The number of Topliss-reactive ketones (excluding diaryl/α,β-unsaturated/α-hetero) is 1. The highest BCUT2D eigenvalue weighted by Crippen LogP contribution is 2.16. The molecule has 0 aliphatic heterocycles. The second-order valence-corrected chi connectivity index (χ2v) is 4.53. The topological polar surface area (TPSA) is 80.4 Å². The van der Waals surface area contributed by atoms with Crippen LogP contribution in [0.3, 0.4) is 0 Å². The third kappa shape index (κ3) is 3.57. The molecule has 0 spiro atoms. The maximum atomic E-state index is 12.2. The molecule has 0 saturated heterocycles. The number of rotatable bonds is 5. The Bertz CT molecular complexity index is 677. The number of benzene rings is 2. The van der Waals surface area contributed by atoms with Gasteiger partial charge in [0.2, 0.25) is 0 Å². The average molecular weight is 281 g/mol. The van der Waals surface area contributed by atoms with Gasteiger partial charge in [0, 0.05) is 11.3 Å². The molecule has 0 heterocycles. The summed E-state index contributed by atoms with van der Waals surface area (Å²) in [5, 5.41) is 9.25. The van der Waals surface area contributed by atoms with Crippen LogP contribution in [0.2, 0.25) is 0 Å². The van der Waals surface area contributed by atoms with Gasteiger partial charge in [-0.1, -0.05) is 60.7 Å². The van der Waals surface area contributed by atoms with Gasteiger partial charge in [-0.25, -0.2) is 0 Å². The predicted octanol–water partition coefficient (Wildman–Crippen LogP) is 2.87. The number of carboxylic acid groups (broad SMARTS) is 1. The van der Waals surface area contributed by atoms with Crippen LogP contribution in [0.15, 0.2) is 60.7 Å². The van der Waals surface area contributed by atoms with E-state index in [1.54, 1.807) is 60.7 Å². The van der Waals surface area contributed by atoms with Gasteiger partial charge in [-0.3, -0.25) is 9.59 Å². The van der Waals surface area contributed by atoms with Crippen LogP contribution >= 0.6 is 0 Å². The maximum absolute atomic E-state index is 12.2. The highest BCUT2D eigenvalue weighted by Gasteiger charge is 2.24. The smallest absolute Gasteiger partial charge is 0.318 e. The molecule has 0 aliphatic rings. The minimum Gasteiger partial charge on any atom is -0.480 e. The van der Waals surface area contributed by atoms with Gasteiger partial charge < -0.3 is 10.8 Å².